The average Bonchev–Trinajstić information content (AvgIpc) is 2.63. The predicted octanol–water partition coefficient (Wildman–Crippen LogP) is -0.829. The van der Waals surface area contributed by atoms with Crippen LogP contribution in [0.2, 0.25) is 0 Å². The van der Waals surface area contributed by atoms with Crippen molar-refractivity contribution in [2.75, 3.05) is 25.5 Å². The third kappa shape index (κ3) is 8.21. The minimum Gasteiger partial charge on any atom is -0.346 e. The number of carbonyl (C=O) groups excluding carboxylic acids is 3. The van der Waals surface area contributed by atoms with E-state index in [9.17, 15) is 22.8 Å². The van der Waals surface area contributed by atoms with Crippen molar-refractivity contribution in [2.45, 2.75) is 24.8 Å². The van der Waals surface area contributed by atoms with E-state index in [1.807, 2.05) is 0 Å². The Bertz CT molecular complexity index is 800. The van der Waals surface area contributed by atoms with Crippen LogP contribution in [0.1, 0.15) is 13.8 Å². The van der Waals surface area contributed by atoms with Gasteiger partial charge in [0.2, 0.25) is 27.7 Å². The lowest BCUT2D eigenvalue weighted by Gasteiger charge is -2.15. The maximum absolute atomic E-state index is 11.9. The highest BCUT2D eigenvalue weighted by Crippen LogP contribution is 2.14. The van der Waals surface area contributed by atoms with Gasteiger partial charge in [0.1, 0.15) is 0 Å². The molecule has 3 amide bonds. The summed E-state index contributed by atoms with van der Waals surface area (Å²) in [5.41, 5.74) is 5.92. The van der Waals surface area contributed by atoms with Gasteiger partial charge in [-0.1, -0.05) is 19.9 Å². The summed E-state index contributed by atoms with van der Waals surface area (Å²) in [4.78, 5) is 35.2. The molecule has 0 aliphatic rings. The topological polar surface area (TPSA) is 159 Å². The number of hydrogen-bond donors (Lipinski definition) is 5. The molecule has 0 radical (unpaired) electrons. The first-order chi connectivity index (χ1) is 12.6. The predicted molar refractivity (Wildman–Crippen MR) is 107 cm³/mol. The van der Waals surface area contributed by atoms with E-state index in [0.29, 0.717) is 0 Å². The summed E-state index contributed by atoms with van der Waals surface area (Å²) < 4.78 is 25.7. The molecule has 0 saturated heterocycles. The zero-order chi connectivity index (χ0) is 20.6. The number of benzene rings is 1. The van der Waals surface area contributed by atoms with Gasteiger partial charge in [-0.3, -0.25) is 14.4 Å². The molecule has 0 saturated carbocycles. The van der Waals surface area contributed by atoms with Crippen molar-refractivity contribution >= 4 is 45.8 Å². The quantitative estimate of drug-likeness (QED) is 0.340. The van der Waals surface area contributed by atoms with Crippen LogP contribution in [0, 0.1) is 5.92 Å². The molecule has 0 bridgehead atoms. The highest BCUT2D eigenvalue weighted by atomic mass is 35.5. The summed E-state index contributed by atoms with van der Waals surface area (Å²) in [5.74, 6) is -1.62. The highest BCUT2D eigenvalue weighted by molar-refractivity contribution is 7.89. The molecule has 0 heterocycles. The van der Waals surface area contributed by atoms with Crippen molar-refractivity contribution in [3.8, 4) is 0 Å². The van der Waals surface area contributed by atoms with Crippen molar-refractivity contribution in [3.05, 3.63) is 24.3 Å². The molecular weight excluding hydrogens is 410 g/mol. The molecule has 0 unspecified atom stereocenters. The van der Waals surface area contributed by atoms with E-state index in [0.717, 1.165) is 0 Å². The Morgan fingerprint density at radius 2 is 1.68 bits per heavy atom. The Morgan fingerprint density at radius 1 is 1.07 bits per heavy atom. The van der Waals surface area contributed by atoms with Crippen molar-refractivity contribution in [3.63, 3.8) is 0 Å². The minimum atomic E-state index is -3.63. The third-order valence-electron chi connectivity index (χ3n) is 3.59. The van der Waals surface area contributed by atoms with Gasteiger partial charge in [-0.15, -0.1) is 12.4 Å². The summed E-state index contributed by atoms with van der Waals surface area (Å²) in [7, 11) is -2.35. The second-order valence-electron chi connectivity index (χ2n) is 6.05. The normalized spacial score (nSPS) is 11.9. The smallest absolute Gasteiger partial charge is 0.243 e. The molecule has 158 valence electrons. The van der Waals surface area contributed by atoms with Gasteiger partial charge in [0.05, 0.1) is 24.0 Å². The molecule has 1 rings (SSSR count). The summed E-state index contributed by atoms with van der Waals surface area (Å²) in [6, 6.07) is 4.95. The van der Waals surface area contributed by atoms with Gasteiger partial charge < -0.3 is 21.7 Å². The number of anilines is 1. The van der Waals surface area contributed by atoms with Crippen LogP contribution in [0.4, 0.5) is 5.69 Å². The molecule has 12 heteroatoms. The lowest BCUT2D eigenvalue weighted by atomic mass is 10.1. The van der Waals surface area contributed by atoms with Gasteiger partial charge in [-0.25, -0.2) is 13.1 Å². The summed E-state index contributed by atoms with van der Waals surface area (Å²) in [6.07, 6.45) is 0. The van der Waals surface area contributed by atoms with Crippen LogP contribution in [0.5, 0.6) is 0 Å². The number of halogens is 1. The molecule has 0 aliphatic carbocycles. The van der Waals surface area contributed by atoms with Gasteiger partial charge in [0, 0.05) is 5.69 Å². The fourth-order valence-electron chi connectivity index (χ4n) is 1.89. The van der Waals surface area contributed by atoms with E-state index in [-0.39, 0.29) is 42.0 Å². The van der Waals surface area contributed by atoms with Crippen molar-refractivity contribution in [2.24, 2.45) is 11.7 Å². The number of hydrogen-bond acceptors (Lipinski definition) is 6. The Morgan fingerprint density at radius 3 is 2.25 bits per heavy atom. The molecule has 10 nitrogen and oxygen atoms in total. The van der Waals surface area contributed by atoms with Crippen LogP contribution < -0.4 is 26.4 Å². The molecule has 28 heavy (non-hydrogen) atoms. The summed E-state index contributed by atoms with van der Waals surface area (Å²) >= 11 is 0. The number of amides is 3. The van der Waals surface area contributed by atoms with Gasteiger partial charge in [0.15, 0.2) is 0 Å². The Kier molecular flexibility index (Phi) is 10.7. The number of sulfonamides is 1. The molecule has 0 spiro atoms. The van der Waals surface area contributed by atoms with Crippen LogP contribution in [0.25, 0.3) is 0 Å². The van der Waals surface area contributed by atoms with E-state index >= 15 is 0 Å². The molecule has 1 aromatic carbocycles. The van der Waals surface area contributed by atoms with Crippen LogP contribution in [-0.2, 0) is 24.4 Å². The summed E-state index contributed by atoms with van der Waals surface area (Å²) in [6.45, 7) is 2.92. The maximum atomic E-state index is 11.9. The first-order valence-corrected chi connectivity index (χ1v) is 9.68. The van der Waals surface area contributed by atoms with Crippen LogP contribution in [0.15, 0.2) is 29.2 Å². The van der Waals surface area contributed by atoms with Gasteiger partial charge in [-0.05, 0) is 31.2 Å². The lowest BCUT2D eigenvalue weighted by molar-refractivity contribution is -0.127. The number of carbonyl (C=O) groups is 3. The lowest BCUT2D eigenvalue weighted by Crippen LogP contribution is -2.47. The van der Waals surface area contributed by atoms with Crippen molar-refractivity contribution < 1.29 is 22.8 Å². The SMILES string of the molecule is CNS(=O)(=O)c1cccc(NC(=O)CNC(=O)CNC(=O)[C@@H](N)C(C)C)c1.Cl. The maximum Gasteiger partial charge on any atom is 0.243 e. The highest BCUT2D eigenvalue weighted by Gasteiger charge is 2.18. The summed E-state index contributed by atoms with van der Waals surface area (Å²) in [5, 5.41) is 7.21. The molecule has 1 aromatic rings. The second-order valence-corrected chi connectivity index (χ2v) is 7.93. The van der Waals surface area contributed by atoms with E-state index < -0.39 is 33.8 Å². The minimum absolute atomic E-state index is 0. The van der Waals surface area contributed by atoms with Crippen LogP contribution >= 0.6 is 12.4 Å². The Labute approximate surface area is 170 Å². The van der Waals surface area contributed by atoms with E-state index in [1.54, 1.807) is 13.8 Å². The van der Waals surface area contributed by atoms with E-state index in [4.69, 9.17) is 5.73 Å². The average molecular weight is 436 g/mol. The monoisotopic (exact) mass is 435 g/mol. The van der Waals surface area contributed by atoms with Crippen LogP contribution in [0.3, 0.4) is 0 Å². The number of nitrogens with one attached hydrogen (secondary N) is 4. The first-order valence-electron chi connectivity index (χ1n) is 8.20. The molecule has 0 aliphatic heterocycles. The fourth-order valence-corrected chi connectivity index (χ4v) is 2.67. The molecule has 6 N–H and O–H groups in total. The zero-order valence-corrected chi connectivity index (χ0v) is 17.4. The molecule has 0 fully saturated rings. The van der Waals surface area contributed by atoms with Crippen molar-refractivity contribution in [1.82, 2.24) is 15.4 Å². The van der Waals surface area contributed by atoms with Crippen molar-refractivity contribution in [1.29, 1.82) is 0 Å². The van der Waals surface area contributed by atoms with Crippen LogP contribution in [-0.4, -0.2) is 52.3 Å². The third-order valence-corrected chi connectivity index (χ3v) is 5.00. The number of nitrogens with two attached hydrogens (primary N) is 1. The Hall–Kier alpha value is -2.21. The van der Waals surface area contributed by atoms with E-state index in [2.05, 4.69) is 20.7 Å². The Balaban J connectivity index is 0.00000729. The molecule has 1 atom stereocenters. The van der Waals surface area contributed by atoms with Gasteiger partial charge >= 0.3 is 0 Å². The molecular formula is C16H26ClN5O5S. The number of rotatable bonds is 9. The standard InChI is InChI=1S/C16H25N5O5S.ClH/c1-10(2)15(17)16(24)20-8-13(22)19-9-14(23)21-11-5-4-6-12(7-11)27(25,26)18-3;/h4-7,10,15,18H,8-9,17H2,1-3H3,(H,19,22)(H,20,24)(H,21,23);1H/t15-;/m0./s1. The second kappa shape index (κ2) is 11.6. The van der Waals surface area contributed by atoms with E-state index in [1.165, 1.54) is 31.3 Å². The van der Waals surface area contributed by atoms with Gasteiger partial charge in [0.25, 0.3) is 0 Å². The fraction of sp³-hybridized carbons (Fsp3) is 0.438. The first kappa shape index (κ1) is 25.8. The zero-order valence-electron chi connectivity index (χ0n) is 15.8. The molecule has 0 aromatic heterocycles. The van der Waals surface area contributed by atoms with Gasteiger partial charge in [-0.2, -0.15) is 0 Å². The largest absolute Gasteiger partial charge is 0.346 e.